The molecule has 1 saturated heterocycles. The molecule has 50 valence electrons. The lowest BCUT2D eigenvalue weighted by Crippen LogP contribution is -2.11. The zero-order valence-electron chi connectivity index (χ0n) is 4.66. The van der Waals surface area contributed by atoms with Gasteiger partial charge in [-0.25, -0.2) is 0 Å². The number of hydrogen-bond acceptors (Lipinski definition) is 3. The molecule has 1 aliphatic heterocycles. The number of aliphatic carboxylic acids is 1. The van der Waals surface area contributed by atoms with Gasteiger partial charge in [-0.15, -0.1) is 11.8 Å². The van der Waals surface area contributed by atoms with E-state index < -0.39 is 5.97 Å². The highest BCUT2D eigenvalue weighted by Gasteiger charge is 2.25. The molecule has 0 spiro atoms. The summed E-state index contributed by atoms with van der Waals surface area (Å²) in [4.78, 5) is 10.3. The maximum absolute atomic E-state index is 10.3. The van der Waals surface area contributed by atoms with Crippen LogP contribution < -0.4 is 0 Å². The van der Waals surface area contributed by atoms with Gasteiger partial charge in [0.25, 0.3) is 0 Å². The van der Waals surface area contributed by atoms with Gasteiger partial charge < -0.3 is 5.11 Å². The summed E-state index contributed by atoms with van der Waals surface area (Å²) in [6.07, 6.45) is 0.579. The van der Waals surface area contributed by atoms with Crippen LogP contribution in [-0.4, -0.2) is 21.0 Å². The van der Waals surface area contributed by atoms with Gasteiger partial charge in [0.05, 0.1) is 5.92 Å². The topological polar surface area (TPSA) is 37.3 Å². The molecule has 0 aliphatic carbocycles. The fourth-order valence-corrected chi connectivity index (χ4v) is 2.04. The van der Waals surface area contributed by atoms with Crippen molar-refractivity contribution in [3.05, 3.63) is 0 Å². The molecule has 9 heavy (non-hydrogen) atoms. The molecule has 0 saturated carbocycles. The van der Waals surface area contributed by atoms with E-state index in [1.165, 1.54) is 11.8 Å². The fraction of sp³-hybridized carbons (Fsp3) is 0.600. The molecule has 1 rings (SSSR count). The first-order valence-corrected chi connectivity index (χ1v) is 3.98. The molecule has 1 fully saturated rings. The number of thioether (sulfide) groups is 1. The lowest BCUT2D eigenvalue weighted by atomic mass is 10.1. The van der Waals surface area contributed by atoms with E-state index in [0.717, 1.165) is 4.20 Å². The second-order valence-corrected chi connectivity index (χ2v) is 3.79. The van der Waals surface area contributed by atoms with Crippen molar-refractivity contribution in [1.82, 2.24) is 0 Å². The van der Waals surface area contributed by atoms with E-state index in [-0.39, 0.29) is 5.92 Å². The average Bonchev–Trinajstić information content (AvgIpc) is 2.14. The van der Waals surface area contributed by atoms with E-state index in [1.54, 1.807) is 0 Å². The van der Waals surface area contributed by atoms with Gasteiger partial charge in [-0.05, 0) is 0 Å². The van der Waals surface area contributed by atoms with Gasteiger partial charge in [0.1, 0.15) is 0 Å². The SMILES string of the molecule is O=C(O)[C@H]1CSC(=S)C1. The zero-order valence-corrected chi connectivity index (χ0v) is 6.30. The first-order valence-electron chi connectivity index (χ1n) is 2.58. The lowest BCUT2D eigenvalue weighted by molar-refractivity contribution is -0.140. The molecular weight excluding hydrogens is 156 g/mol. The number of hydrogen-bond donors (Lipinski definition) is 1. The third-order valence-corrected chi connectivity index (χ3v) is 2.79. The normalized spacial score (nSPS) is 26.7. The Kier molecular flexibility index (Phi) is 2.08. The van der Waals surface area contributed by atoms with Crippen LogP contribution in [0.5, 0.6) is 0 Å². The molecule has 0 aromatic rings. The summed E-state index contributed by atoms with van der Waals surface area (Å²) in [6.45, 7) is 0. The van der Waals surface area contributed by atoms with E-state index in [9.17, 15) is 4.79 Å². The van der Waals surface area contributed by atoms with Crippen molar-refractivity contribution in [1.29, 1.82) is 0 Å². The Labute approximate surface area is 62.6 Å². The molecule has 1 heterocycles. The maximum Gasteiger partial charge on any atom is 0.307 e. The second kappa shape index (κ2) is 2.66. The molecule has 0 radical (unpaired) electrons. The molecular formula is C5H6O2S2. The minimum Gasteiger partial charge on any atom is -0.481 e. The minimum atomic E-state index is -0.720. The van der Waals surface area contributed by atoms with Crippen LogP contribution in [0, 0.1) is 5.92 Å². The van der Waals surface area contributed by atoms with Gasteiger partial charge >= 0.3 is 5.97 Å². The van der Waals surface area contributed by atoms with Crippen LogP contribution in [0.2, 0.25) is 0 Å². The van der Waals surface area contributed by atoms with E-state index in [1.807, 2.05) is 0 Å². The monoisotopic (exact) mass is 162 g/mol. The number of thiocarbonyl (C=S) groups is 1. The van der Waals surface area contributed by atoms with Crippen molar-refractivity contribution in [2.24, 2.45) is 5.92 Å². The molecule has 4 heteroatoms. The van der Waals surface area contributed by atoms with Crippen molar-refractivity contribution < 1.29 is 9.90 Å². The summed E-state index contributed by atoms with van der Waals surface area (Å²) >= 11 is 6.30. The van der Waals surface area contributed by atoms with Crippen molar-refractivity contribution >= 4 is 34.1 Å². The van der Waals surface area contributed by atoms with Gasteiger partial charge in [0.15, 0.2) is 0 Å². The highest BCUT2D eigenvalue weighted by atomic mass is 32.2. The molecule has 0 amide bonds. The van der Waals surface area contributed by atoms with Crippen LogP contribution in [0.1, 0.15) is 6.42 Å². The first kappa shape index (κ1) is 7.02. The molecule has 0 bridgehead atoms. The average molecular weight is 162 g/mol. The van der Waals surface area contributed by atoms with Crippen LogP contribution >= 0.6 is 24.0 Å². The molecule has 0 aromatic heterocycles. The van der Waals surface area contributed by atoms with Crippen molar-refractivity contribution in [2.45, 2.75) is 6.42 Å². The lowest BCUT2D eigenvalue weighted by Gasteiger charge is -1.95. The van der Waals surface area contributed by atoms with Gasteiger partial charge in [0.2, 0.25) is 0 Å². The summed E-state index contributed by atoms with van der Waals surface area (Å²) in [5.41, 5.74) is 0. The smallest absolute Gasteiger partial charge is 0.307 e. The van der Waals surface area contributed by atoms with Crippen molar-refractivity contribution in [3.63, 3.8) is 0 Å². The third kappa shape index (κ3) is 1.66. The number of rotatable bonds is 1. The Balaban J connectivity index is 2.48. The Hall–Kier alpha value is -0.0900. The second-order valence-electron chi connectivity index (χ2n) is 1.92. The van der Waals surface area contributed by atoms with Gasteiger partial charge in [-0.3, -0.25) is 4.79 Å². The van der Waals surface area contributed by atoms with Crippen molar-refractivity contribution in [2.75, 3.05) is 5.75 Å². The van der Waals surface area contributed by atoms with E-state index in [2.05, 4.69) is 0 Å². The summed E-state index contributed by atoms with van der Waals surface area (Å²) < 4.78 is 0.836. The zero-order chi connectivity index (χ0) is 6.85. The van der Waals surface area contributed by atoms with Crippen molar-refractivity contribution in [3.8, 4) is 0 Å². The Morgan fingerprint density at radius 3 is 2.78 bits per heavy atom. The Morgan fingerprint density at radius 2 is 2.56 bits per heavy atom. The van der Waals surface area contributed by atoms with Crippen LogP contribution in [0.25, 0.3) is 0 Å². The third-order valence-electron chi connectivity index (χ3n) is 1.21. The van der Waals surface area contributed by atoms with Crippen LogP contribution in [0.4, 0.5) is 0 Å². The minimum absolute atomic E-state index is 0.220. The van der Waals surface area contributed by atoms with Gasteiger partial charge in [-0.2, -0.15) is 0 Å². The first-order chi connectivity index (χ1) is 4.20. The molecule has 0 aromatic carbocycles. The molecule has 1 N–H and O–H groups in total. The quantitative estimate of drug-likeness (QED) is 0.587. The van der Waals surface area contributed by atoms with E-state index in [4.69, 9.17) is 17.3 Å². The van der Waals surface area contributed by atoms with E-state index in [0.29, 0.717) is 12.2 Å². The van der Waals surface area contributed by atoms with Crippen LogP contribution in [0.3, 0.4) is 0 Å². The standard InChI is InChI=1S/C5H6O2S2/c6-5(7)3-1-4(8)9-2-3/h3H,1-2H2,(H,6,7)/t3-/m1/s1. The van der Waals surface area contributed by atoms with Gasteiger partial charge in [-0.1, -0.05) is 12.2 Å². The Morgan fingerprint density at radius 1 is 1.89 bits per heavy atom. The molecule has 1 atom stereocenters. The van der Waals surface area contributed by atoms with Crippen LogP contribution in [0.15, 0.2) is 0 Å². The summed E-state index contributed by atoms with van der Waals surface area (Å²) in [5.74, 6) is -0.279. The molecule has 0 unspecified atom stereocenters. The molecule has 2 nitrogen and oxygen atoms in total. The predicted octanol–water partition coefficient (Wildman–Crippen LogP) is 1.15. The largest absolute Gasteiger partial charge is 0.481 e. The Bertz CT molecular complexity index is 155. The maximum atomic E-state index is 10.3. The van der Waals surface area contributed by atoms with Crippen LogP contribution in [-0.2, 0) is 4.79 Å². The summed E-state index contributed by atoms with van der Waals surface area (Å²) in [6, 6.07) is 0. The number of carboxylic acid groups (broad SMARTS) is 1. The highest BCUT2D eigenvalue weighted by Crippen LogP contribution is 2.26. The molecule has 1 aliphatic rings. The number of carbonyl (C=O) groups is 1. The number of carboxylic acids is 1. The van der Waals surface area contributed by atoms with E-state index >= 15 is 0 Å². The van der Waals surface area contributed by atoms with Gasteiger partial charge in [0, 0.05) is 16.4 Å². The predicted molar refractivity (Wildman–Crippen MR) is 40.8 cm³/mol. The summed E-state index contributed by atoms with van der Waals surface area (Å²) in [5, 5.41) is 8.46. The summed E-state index contributed by atoms with van der Waals surface area (Å²) in [7, 11) is 0. The fourth-order valence-electron chi connectivity index (χ4n) is 0.671. The highest BCUT2D eigenvalue weighted by molar-refractivity contribution is 8.23.